The van der Waals surface area contributed by atoms with E-state index in [-0.39, 0.29) is 6.10 Å². The molecule has 0 aliphatic rings. The van der Waals surface area contributed by atoms with Gasteiger partial charge in [-0.15, -0.1) is 0 Å². The van der Waals surface area contributed by atoms with Crippen LogP contribution in [-0.4, -0.2) is 13.2 Å². The van der Waals surface area contributed by atoms with Crippen molar-refractivity contribution in [2.75, 3.05) is 12.8 Å². The minimum Gasteiger partial charge on any atom is -0.493 e. The van der Waals surface area contributed by atoms with Crippen molar-refractivity contribution in [2.24, 2.45) is 0 Å². The van der Waals surface area contributed by atoms with Crippen LogP contribution in [0.15, 0.2) is 18.2 Å². The number of nitrogen functional groups attached to an aromatic ring is 1. The van der Waals surface area contributed by atoms with Gasteiger partial charge in [0.1, 0.15) is 0 Å². The number of nitrogens with two attached hydrogens (primary N) is 1. The van der Waals surface area contributed by atoms with E-state index in [2.05, 4.69) is 13.8 Å². The van der Waals surface area contributed by atoms with E-state index in [1.54, 1.807) is 13.2 Å². The number of hydrogen-bond donors (Lipinski definition) is 1. The minimum atomic E-state index is 0.238. The maximum atomic E-state index is 5.81. The van der Waals surface area contributed by atoms with E-state index < -0.39 is 0 Å². The Kier molecular flexibility index (Phi) is 4.28. The molecule has 1 aromatic carbocycles. The summed E-state index contributed by atoms with van der Waals surface area (Å²) in [7, 11) is 1.62. The van der Waals surface area contributed by atoms with E-state index in [9.17, 15) is 0 Å². The summed E-state index contributed by atoms with van der Waals surface area (Å²) in [6, 6.07) is 5.45. The van der Waals surface area contributed by atoms with E-state index in [1.807, 2.05) is 12.1 Å². The molecule has 0 heterocycles. The van der Waals surface area contributed by atoms with Crippen LogP contribution < -0.4 is 15.2 Å². The van der Waals surface area contributed by atoms with Gasteiger partial charge in [-0.25, -0.2) is 0 Å². The lowest BCUT2D eigenvalue weighted by Crippen LogP contribution is -2.14. The second-order valence-corrected chi connectivity index (χ2v) is 3.47. The van der Waals surface area contributed by atoms with Crippen LogP contribution in [0.3, 0.4) is 0 Å². The first-order valence-electron chi connectivity index (χ1n) is 5.31. The first kappa shape index (κ1) is 11.7. The molecule has 0 spiro atoms. The predicted octanol–water partition coefficient (Wildman–Crippen LogP) is 2.84. The Morgan fingerprint density at radius 3 is 2.40 bits per heavy atom. The van der Waals surface area contributed by atoms with Crippen molar-refractivity contribution in [3.8, 4) is 11.5 Å². The standard InChI is InChI=1S/C12H19NO2/c1-4-10(5-2)15-11-7-6-9(13)8-12(11)14-3/h6-8,10H,4-5,13H2,1-3H3. The van der Waals surface area contributed by atoms with E-state index in [1.165, 1.54) is 0 Å². The highest BCUT2D eigenvalue weighted by molar-refractivity contribution is 5.51. The minimum absolute atomic E-state index is 0.238. The molecule has 0 unspecified atom stereocenters. The highest BCUT2D eigenvalue weighted by Crippen LogP contribution is 2.30. The van der Waals surface area contributed by atoms with Gasteiger partial charge in [0.25, 0.3) is 0 Å². The van der Waals surface area contributed by atoms with Crippen LogP contribution in [0.1, 0.15) is 26.7 Å². The third kappa shape index (κ3) is 3.05. The fraction of sp³-hybridized carbons (Fsp3) is 0.500. The van der Waals surface area contributed by atoms with Gasteiger partial charge in [-0.1, -0.05) is 13.8 Å². The Bertz CT molecular complexity index is 308. The second-order valence-electron chi connectivity index (χ2n) is 3.47. The molecule has 2 N–H and O–H groups in total. The summed E-state index contributed by atoms with van der Waals surface area (Å²) in [5.74, 6) is 1.46. The summed E-state index contributed by atoms with van der Waals surface area (Å²) in [6.45, 7) is 4.22. The molecule has 0 aliphatic carbocycles. The zero-order valence-corrected chi connectivity index (χ0v) is 9.62. The lowest BCUT2D eigenvalue weighted by molar-refractivity contribution is 0.185. The Morgan fingerprint density at radius 2 is 1.87 bits per heavy atom. The fourth-order valence-corrected chi connectivity index (χ4v) is 1.42. The van der Waals surface area contributed by atoms with Crippen molar-refractivity contribution in [1.82, 2.24) is 0 Å². The molecule has 0 aromatic heterocycles. The number of benzene rings is 1. The molecule has 0 radical (unpaired) electrons. The van der Waals surface area contributed by atoms with Crippen LogP contribution in [0.2, 0.25) is 0 Å². The predicted molar refractivity (Wildman–Crippen MR) is 62.4 cm³/mol. The first-order chi connectivity index (χ1) is 7.21. The highest BCUT2D eigenvalue weighted by Gasteiger charge is 2.09. The maximum Gasteiger partial charge on any atom is 0.162 e. The van der Waals surface area contributed by atoms with Gasteiger partial charge in [-0.05, 0) is 25.0 Å². The molecular weight excluding hydrogens is 190 g/mol. The van der Waals surface area contributed by atoms with Gasteiger partial charge in [0.2, 0.25) is 0 Å². The summed E-state index contributed by atoms with van der Waals surface area (Å²) >= 11 is 0. The average Bonchev–Trinajstić information content (AvgIpc) is 2.27. The zero-order chi connectivity index (χ0) is 11.3. The zero-order valence-electron chi connectivity index (χ0n) is 9.62. The Balaban J connectivity index is 2.83. The van der Waals surface area contributed by atoms with Gasteiger partial charge in [0.15, 0.2) is 11.5 Å². The molecule has 1 aromatic rings. The number of anilines is 1. The van der Waals surface area contributed by atoms with Crippen molar-refractivity contribution >= 4 is 5.69 Å². The quantitative estimate of drug-likeness (QED) is 0.758. The normalized spacial score (nSPS) is 10.4. The van der Waals surface area contributed by atoms with Crippen LogP contribution in [0.25, 0.3) is 0 Å². The van der Waals surface area contributed by atoms with E-state index in [0.29, 0.717) is 11.4 Å². The summed E-state index contributed by atoms with van der Waals surface area (Å²) in [6.07, 6.45) is 2.22. The maximum absolute atomic E-state index is 5.81. The molecule has 15 heavy (non-hydrogen) atoms. The van der Waals surface area contributed by atoms with Crippen molar-refractivity contribution < 1.29 is 9.47 Å². The molecule has 0 atom stereocenters. The summed E-state index contributed by atoms with van der Waals surface area (Å²) in [4.78, 5) is 0. The van der Waals surface area contributed by atoms with Gasteiger partial charge >= 0.3 is 0 Å². The molecule has 0 saturated carbocycles. The molecule has 1 rings (SSSR count). The van der Waals surface area contributed by atoms with Gasteiger partial charge in [-0.3, -0.25) is 0 Å². The topological polar surface area (TPSA) is 44.5 Å². The second kappa shape index (κ2) is 5.49. The van der Waals surface area contributed by atoms with Gasteiger partial charge in [-0.2, -0.15) is 0 Å². The van der Waals surface area contributed by atoms with Crippen molar-refractivity contribution in [1.29, 1.82) is 0 Å². The number of rotatable bonds is 5. The third-order valence-electron chi connectivity index (χ3n) is 2.39. The lowest BCUT2D eigenvalue weighted by atomic mass is 10.2. The molecule has 84 valence electrons. The summed E-state index contributed by atoms with van der Waals surface area (Å²) < 4.78 is 11.0. The smallest absolute Gasteiger partial charge is 0.162 e. The van der Waals surface area contributed by atoms with Crippen LogP contribution >= 0.6 is 0 Å². The number of hydrogen-bond acceptors (Lipinski definition) is 3. The number of ether oxygens (including phenoxy) is 2. The Labute approximate surface area is 91.2 Å². The lowest BCUT2D eigenvalue weighted by Gasteiger charge is -2.17. The monoisotopic (exact) mass is 209 g/mol. The van der Waals surface area contributed by atoms with Crippen LogP contribution in [0.4, 0.5) is 5.69 Å². The van der Waals surface area contributed by atoms with E-state index in [4.69, 9.17) is 15.2 Å². The molecule has 3 heteroatoms. The molecule has 0 amide bonds. The largest absolute Gasteiger partial charge is 0.493 e. The van der Waals surface area contributed by atoms with Gasteiger partial charge < -0.3 is 15.2 Å². The Hall–Kier alpha value is -1.38. The third-order valence-corrected chi connectivity index (χ3v) is 2.39. The molecular formula is C12H19NO2. The summed E-state index contributed by atoms with van der Waals surface area (Å²) in [5.41, 5.74) is 6.35. The molecule has 3 nitrogen and oxygen atoms in total. The van der Waals surface area contributed by atoms with Crippen LogP contribution in [0.5, 0.6) is 11.5 Å². The van der Waals surface area contributed by atoms with Gasteiger partial charge in [0.05, 0.1) is 13.2 Å². The van der Waals surface area contributed by atoms with E-state index in [0.717, 1.165) is 18.6 Å². The van der Waals surface area contributed by atoms with Crippen molar-refractivity contribution in [2.45, 2.75) is 32.8 Å². The van der Waals surface area contributed by atoms with Gasteiger partial charge in [0, 0.05) is 11.8 Å². The van der Waals surface area contributed by atoms with E-state index >= 15 is 0 Å². The Morgan fingerprint density at radius 1 is 1.20 bits per heavy atom. The van der Waals surface area contributed by atoms with Crippen molar-refractivity contribution in [3.05, 3.63) is 18.2 Å². The van der Waals surface area contributed by atoms with Crippen LogP contribution in [0, 0.1) is 0 Å². The molecule has 0 saturated heterocycles. The average molecular weight is 209 g/mol. The highest BCUT2D eigenvalue weighted by atomic mass is 16.5. The van der Waals surface area contributed by atoms with Crippen molar-refractivity contribution in [3.63, 3.8) is 0 Å². The molecule has 0 fully saturated rings. The molecule has 0 aliphatic heterocycles. The van der Waals surface area contributed by atoms with Crippen LogP contribution in [-0.2, 0) is 0 Å². The SMILES string of the molecule is CCC(CC)Oc1ccc(N)cc1OC. The fourth-order valence-electron chi connectivity index (χ4n) is 1.42. The first-order valence-corrected chi connectivity index (χ1v) is 5.31. The summed E-state index contributed by atoms with van der Waals surface area (Å²) in [5, 5.41) is 0. The number of methoxy groups -OCH3 is 1. The molecule has 0 bridgehead atoms.